The lowest BCUT2D eigenvalue weighted by Gasteiger charge is -2.32. The quantitative estimate of drug-likeness (QED) is 0.788. The van der Waals surface area contributed by atoms with Gasteiger partial charge in [0.2, 0.25) is 5.91 Å². The van der Waals surface area contributed by atoms with Crippen LogP contribution in [-0.2, 0) is 14.3 Å². The van der Waals surface area contributed by atoms with E-state index in [1.54, 1.807) is 4.90 Å². The molecule has 1 N–H and O–H groups in total. The van der Waals surface area contributed by atoms with Crippen LogP contribution in [0.5, 0.6) is 0 Å². The van der Waals surface area contributed by atoms with E-state index < -0.39 is 11.9 Å². The molecule has 96 valence electrons. The molecule has 0 aromatic carbocycles. The molecule has 2 rings (SSSR count). The molecule has 1 aliphatic heterocycles. The molecule has 0 aromatic rings. The number of piperidine rings is 1. The van der Waals surface area contributed by atoms with Crippen LogP contribution in [0.1, 0.15) is 26.2 Å². The Balaban J connectivity index is 1.78. The number of likely N-dealkylation sites (tertiary alicyclic amines) is 1. The van der Waals surface area contributed by atoms with Gasteiger partial charge < -0.3 is 14.7 Å². The zero-order valence-electron chi connectivity index (χ0n) is 10.1. The van der Waals surface area contributed by atoms with Gasteiger partial charge in [0.15, 0.2) is 0 Å². The molecule has 0 radical (unpaired) electrons. The van der Waals surface area contributed by atoms with Gasteiger partial charge in [-0.25, -0.2) is 0 Å². The molecule has 1 saturated carbocycles. The van der Waals surface area contributed by atoms with Crippen LogP contribution in [0.4, 0.5) is 0 Å². The lowest BCUT2D eigenvalue weighted by molar-refractivity contribution is -0.142. The van der Waals surface area contributed by atoms with Crippen molar-refractivity contribution >= 4 is 11.9 Å². The summed E-state index contributed by atoms with van der Waals surface area (Å²) in [5, 5.41) is 8.79. The Morgan fingerprint density at radius 1 is 1.29 bits per heavy atom. The van der Waals surface area contributed by atoms with E-state index in [4.69, 9.17) is 9.84 Å². The normalized spacial score (nSPS) is 29.1. The van der Waals surface area contributed by atoms with Gasteiger partial charge in [0.1, 0.15) is 0 Å². The van der Waals surface area contributed by atoms with Gasteiger partial charge in [0.05, 0.1) is 17.9 Å². The van der Waals surface area contributed by atoms with Crippen LogP contribution in [0.3, 0.4) is 0 Å². The van der Waals surface area contributed by atoms with Gasteiger partial charge in [-0.2, -0.15) is 0 Å². The predicted molar refractivity (Wildman–Crippen MR) is 60.5 cm³/mol. The minimum atomic E-state index is -0.840. The van der Waals surface area contributed by atoms with Crippen LogP contribution < -0.4 is 0 Å². The molecule has 0 unspecified atom stereocenters. The summed E-state index contributed by atoms with van der Waals surface area (Å²) in [5.41, 5.74) is 0. The van der Waals surface area contributed by atoms with Gasteiger partial charge in [-0.15, -0.1) is 0 Å². The SMILES string of the molecule is CCOC1CCN(C(=O)[C@@H]2C[C@H]2C(=O)O)CC1. The Kier molecular flexibility index (Phi) is 3.66. The van der Waals surface area contributed by atoms with Gasteiger partial charge in [-0.05, 0) is 26.2 Å². The first-order valence-corrected chi connectivity index (χ1v) is 6.26. The van der Waals surface area contributed by atoms with Gasteiger partial charge >= 0.3 is 5.97 Å². The molecule has 17 heavy (non-hydrogen) atoms. The molecule has 2 aliphatic rings. The van der Waals surface area contributed by atoms with E-state index in [-0.39, 0.29) is 17.9 Å². The molecule has 1 saturated heterocycles. The Bertz CT molecular complexity index is 310. The summed E-state index contributed by atoms with van der Waals surface area (Å²) in [5.74, 6) is -1.52. The van der Waals surface area contributed by atoms with Crippen molar-refractivity contribution in [2.24, 2.45) is 11.8 Å². The summed E-state index contributed by atoms with van der Waals surface area (Å²) in [4.78, 5) is 24.5. The van der Waals surface area contributed by atoms with Crippen LogP contribution in [-0.4, -0.2) is 47.7 Å². The average molecular weight is 241 g/mol. The zero-order valence-corrected chi connectivity index (χ0v) is 10.1. The number of amides is 1. The monoisotopic (exact) mass is 241 g/mol. The Morgan fingerprint density at radius 2 is 1.94 bits per heavy atom. The van der Waals surface area contributed by atoms with Gasteiger partial charge in [0, 0.05) is 19.7 Å². The van der Waals surface area contributed by atoms with Crippen LogP contribution >= 0.6 is 0 Å². The number of hydrogen-bond donors (Lipinski definition) is 1. The predicted octanol–water partition coefficient (Wildman–Crippen LogP) is 0.735. The lowest BCUT2D eigenvalue weighted by Crippen LogP contribution is -2.42. The van der Waals surface area contributed by atoms with Crippen molar-refractivity contribution in [3.8, 4) is 0 Å². The van der Waals surface area contributed by atoms with E-state index in [2.05, 4.69) is 0 Å². The minimum Gasteiger partial charge on any atom is -0.481 e. The van der Waals surface area contributed by atoms with Crippen LogP contribution in [0.15, 0.2) is 0 Å². The summed E-state index contributed by atoms with van der Waals surface area (Å²) in [6.45, 7) is 4.08. The topological polar surface area (TPSA) is 66.8 Å². The highest BCUT2D eigenvalue weighted by Gasteiger charge is 2.50. The Hall–Kier alpha value is -1.10. The van der Waals surface area contributed by atoms with Crippen molar-refractivity contribution in [2.75, 3.05) is 19.7 Å². The summed E-state index contributed by atoms with van der Waals surface area (Å²) in [6, 6.07) is 0. The first-order valence-electron chi connectivity index (χ1n) is 6.26. The fourth-order valence-corrected chi connectivity index (χ4v) is 2.45. The molecule has 0 aromatic heterocycles. The summed E-state index contributed by atoms with van der Waals surface area (Å²) in [6.07, 6.45) is 2.51. The maximum atomic E-state index is 12.0. The maximum absolute atomic E-state index is 12.0. The molecule has 0 bridgehead atoms. The molecule has 5 nitrogen and oxygen atoms in total. The van der Waals surface area contributed by atoms with Gasteiger partial charge in [-0.1, -0.05) is 0 Å². The Labute approximate surface area is 101 Å². The molecule has 1 heterocycles. The first-order chi connectivity index (χ1) is 8.13. The van der Waals surface area contributed by atoms with Crippen LogP contribution in [0, 0.1) is 11.8 Å². The third-order valence-corrected chi connectivity index (χ3v) is 3.58. The number of carbonyl (C=O) groups excluding carboxylic acids is 1. The highest BCUT2D eigenvalue weighted by molar-refractivity contribution is 5.89. The number of aliphatic carboxylic acids is 1. The molecular weight excluding hydrogens is 222 g/mol. The van der Waals surface area contributed by atoms with Crippen molar-refractivity contribution < 1.29 is 19.4 Å². The second-order valence-electron chi connectivity index (χ2n) is 4.77. The number of nitrogens with zero attached hydrogens (tertiary/aromatic N) is 1. The lowest BCUT2D eigenvalue weighted by atomic mass is 10.1. The minimum absolute atomic E-state index is 0.0207. The largest absolute Gasteiger partial charge is 0.481 e. The molecule has 1 aliphatic carbocycles. The number of carbonyl (C=O) groups is 2. The van der Waals surface area contributed by atoms with Crippen molar-refractivity contribution in [3.63, 3.8) is 0 Å². The van der Waals surface area contributed by atoms with E-state index in [1.807, 2.05) is 6.92 Å². The summed E-state index contributed by atoms with van der Waals surface area (Å²) in [7, 11) is 0. The van der Waals surface area contributed by atoms with Crippen molar-refractivity contribution in [3.05, 3.63) is 0 Å². The summed E-state index contributed by atoms with van der Waals surface area (Å²) >= 11 is 0. The number of hydrogen-bond acceptors (Lipinski definition) is 3. The maximum Gasteiger partial charge on any atom is 0.307 e. The fraction of sp³-hybridized carbons (Fsp3) is 0.833. The van der Waals surface area contributed by atoms with E-state index in [1.165, 1.54) is 0 Å². The number of rotatable bonds is 4. The second-order valence-corrected chi connectivity index (χ2v) is 4.77. The summed E-state index contributed by atoms with van der Waals surface area (Å²) < 4.78 is 5.51. The van der Waals surface area contributed by atoms with E-state index in [0.29, 0.717) is 26.1 Å². The number of carboxylic acids is 1. The van der Waals surface area contributed by atoms with Gasteiger partial charge in [-0.3, -0.25) is 9.59 Å². The Morgan fingerprint density at radius 3 is 2.41 bits per heavy atom. The fourth-order valence-electron chi connectivity index (χ4n) is 2.45. The third-order valence-electron chi connectivity index (χ3n) is 3.58. The zero-order chi connectivity index (χ0) is 12.4. The molecule has 5 heteroatoms. The highest BCUT2D eigenvalue weighted by Crippen LogP contribution is 2.40. The molecule has 2 atom stereocenters. The third kappa shape index (κ3) is 2.77. The van der Waals surface area contributed by atoms with Crippen LogP contribution in [0.2, 0.25) is 0 Å². The standard InChI is InChI=1S/C12H19NO4/c1-2-17-8-3-5-13(6-4-8)11(14)9-7-10(9)12(15)16/h8-10H,2-7H2,1H3,(H,15,16)/t9-,10-/m1/s1. The first kappa shape index (κ1) is 12.4. The van der Waals surface area contributed by atoms with E-state index in [9.17, 15) is 9.59 Å². The molecule has 0 spiro atoms. The van der Waals surface area contributed by atoms with Crippen molar-refractivity contribution in [1.82, 2.24) is 4.90 Å². The molecule has 2 fully saturated rings. The molecule has 1 amide bonds. The highest BCUT2D eigenvalue weighted by atomic mass is 16.5. The second kappa shape index (κ2) is 5.04. The smallest absolute Gasteiger partial charge is 0.307 e. The molecular formula is C12H19NO4. The number of carboxylic acid groups (broad SMARTS) is 1. The van der Waals surface area contributed by atoms with Crippen molar-refractivity contribution in [2.45, 2.75) is 32.3 Å². The van der Waals surface area contributed by atoms with E-state index in [0.717, 1.165) is 12.8 Å². The van der Waals surface area contributed by atoms with Gasteiger partial charge in [0.25, 0.3) is 0 Å². The van der Waals surface area contributed by atoms with Crippen molar-refractivity contribution in [1.29, 1.82) is 0 Å². The van der Waals surface area contributed by atoms with E-state index >= 15 is 0 Å². The number of ether oxygens (including phenoxy) is 1. The van der Waals surface area contributed by atoms with Crippen LogP contribution in [0.25, 0.3) is 0 Å². The average Bonchev–Trinajstić information content (AvgIpc) is 3.09.